The Morgan fingerprint density at radius 3 is 2.84 bits per heavy atom. The lowest BCUT2D eigenvalue weighted by Gasteiger charge is -2.30. The van der Waals surface area contributed by atoms with Crippen LogP contribution in [0.15, 0.2) is 29.2 Å². The van der Waals surface area contributed by atoms with E-state index in [-0.39, 0.29) is 6.54 Å². The second-order valence-corrected chi connectivity index (χ2v) is 5.27. The van der Waals surface area contributed by atoms with Gasteiger partial charge in [0.1, 0.15) is 6.54 Å². The molecule has 0 spiro atoms. The van der Waals surface area contributed by atoms with Gasteiger partial charge in [0.05, 0.1) is 12.2 Å². The normalized spacial score (nSPS) is 15.0. The average Bonchev–Trinajstić information content (AvgIpc) is 2.36. The monoisotopic (exact) mass is 290 g/mol. The topological polar surface area (TPSA) is 32.3 Å². The fraction of sp³-hybridized carbons (Fsp3) is 0.417. The van der Waals surface area contributed by atoms with E-state index in [4.69, 9.17) is 0 Å². The highest BCUT2D eigenvalue weighted by Gasteiger charge is 2.28. The summed E-state index contributed by atoms with van der Waals surface area (Å²) in [6.45, 7) is -0.676. The van der Waals surface area contributed by atoms with E-state index in [1.54, 1.807) is 16.7 Å². The van der Waals surface area contributed by atoms with Crippen molar-refractivity contribution in [3.05, 3.63) is 24.3 Å². The van der Waals surface area contributed by atoms with Crippen LogP contribution in [-0.2, 0) is 4.79 Å². The molecule has 7 heteroatoms. The van der Waals surface area contributed by atoms with Crippen molar-refractivity contribution in [2.24, 2.45) is 0 Å². The fourth-order valence-corrected chi connectivity index (χ4v) is 2.87. The Kier molecular flexibility index (Phi) is 4.24. The highest BCUT2D eigenvalue weighted by molar-refractivity contribution is 7.99. The van der Waals surface area contributed by atoms with Crippen LogP contribution >= 0.6 is 11.8 Å². The van der Waals surface area contributed by atoms with E-state index in [1.165, 1.54) is 0 Å². The van der Waals surface area contributed by atoms with Gasteiger partial charge in [-0.05, 0) is 12.1 Å². The first-order valence-electron chi connectivity index (χ1n) is 5.76. The maximum absolute atomic E-state index is 12.0. The number of rotatable bonds is 3. The zero-order valence-electron chi connectivity index (χ0n) is 10.0. The van der Waals surface area contributed by atoms with Crippen molar-refractivity contribution in [1.29, 1.82) is 0 Å². The molecule has 1 aliphatic heterocycles. The van der Waals surface area contributed by atoms with Crippen molar-refractivity contribution >= 4 is 23.4 Å². The lowest BCUT2D eigenvalue weighted by atomic mass is 10.2. The third-order valence-corrected chi connectivity index (χ3v) is 3.69. The minimum atomic E-state index is -4.37. The number of para-hydroxylation sites is 1. The molecule has 0 atom stereocenters. The molecular weight excluding hydrogens is 277 g/mol. The van der Waals surface area contributed by atoms with Crippen molar-refractivity contribution in [1.82, 2.24) is 5.32 Å². The molecule has 0 aliphatic carbocycles. The maximum Gasteiger partial charge on any atom is 0.405 e. The van der Waals surface area contributed by atoms with E-state index >= 15 is 0 Å². The van der Waals surface area contributed by atoms with Gasteiger partial charge in [-0.25, -0.2) is 0 Å². The fourth-order valence-electron chi connectivity index (χ4n) is 1.82. The van der Waals surface area contributed by atoms with Gasteiger partial charge < -0.3 is 10.2 Å². The molecular formula is C12H13F3N2OS. The molecule has 1 amide bonds. The number of carbonyl (C=O) groups is 1. The molecule has 1 heterocycles. The molecule has 19 heavy (non-hydrogen) atoms. The summed E-state index contributed by atoms with van der Waals surface area (Å²) >= 11 is 1.68. The Bertz CT molecular complexity index is 465. The first-order valence-corrected chi connectivity index (χ1v) is 6.74. The van der Waals surface area contributed by atoms with E-state index in [1.807, 2.05) is 29.6 Å². The Balaban J connectivity index is 1.95. The summed E-state index contributed by atoms with van der Waals surface area (Å²) in [5.74, 6) is 0.211. The zero-order chi connectivity index (χ0) is 13.9. The lowest BCUT2D eigenvalue weighted by Crippen LogP contribution is -2.42. The molecule has 0 bridgehead atoms. The second kappa shape index (κ2) is 5.73. The van der Waals surface area contributed by atoms with E-state index in [9.17, 15) is 18.0 Å². The number of halogens is 3. The summed E-state index contributed by atoms with van der Waals surface area (Å²) in [6, 6.07) is 7.57. The van der Waals surface area contributed by atoms with Crippen molar-refractivity contribution in [3.8, 4) is 0 Å². The minimum Gasteiger partial charge on any atom is -0.360 e. The van der Waals surface area contributed by atoms with Gasteiger partial charge in [0, 0.05) is 17.2 Å². The Morgan fingerprint density at radius 2 is 2.11 bits per heavy atom. The standard InChI is InChI=1S/C12H13F3N2OS/c13-12(14,15)8-16-11(18)7-17-5-6-19-10-4-2-1-3-9(10)17/h1-4H,5-8H2,(H,16,18). The minimum absolute atomic E-state index is 0.0480. The van der Waals surface area contributed by atoms with E-state index in [0.29, 0.717) is 6.54 Å². The summed E-state index contributed by atoms with van der Waals surface area (Å²) in [5, 5.41) is 1.89. The molecule has 104 valence electrons. The SMILES string of the molecule is O=C(CN1CCSc2ccccc21)NCC(F)(F)F. The van der Waals surface area contributed by atoms with Crippen molar-refractivity contribution in [2.75, 3.05) is 30.3 Å². The van der Waals surface area contributed by atoms with Crippen LogP contribution < -0.4 is 10.2 Å². The van der Waals surface area contributed by atoms with Gasteiger partial charge in [-0.2, -0.15) is 13.2 Å². The van der Waals surface area contributed by atoms with Crippen LogP contribution in [0.3, 0.4) is 0 Å². The third kappa shape index (κ3) is 4.05. The van der Waals surface area contributed by atoms with Crippen LogP contribution in [0, 0.1) is 0 Å². The van der Waals surface area contributed by atoms with Gasteiger partial charge in [0.2, 0.25) is 5.91 Å². The molecule has 2 rings (SSSR count). The van der Waals surface area contributed by atoms with Gasteiger partial charge in [-0.15, -0.1) is 11.8 Å². The highest BCUT2D eigenvalue weighted by Crippen LogP contribution is 2.33. The van der Waals surface area contributed by atoms with Crippen molar-refractivity contribution < 1.29 is 18.0 Å². The predicted molar refractivity (Wildman–Crippen MR) is 68.4 cm³/mol. The summed E-state index contributed by atoms with van der Waals surface area (Å²) in [5.41, 5.74) is 0.904. The van der Waals surface area contributed by atoms with Gasteiger partial charge in [0.15, 0.2) is 0 Å². The molecule has 0 saturated carbocycles. The van der Waals surface area contributed by atoms with E-state index in [2.05, 4.69) is 0 Å². The number of benzene rings is 1. The molecule has 3 nitrogen and oxygen atoms in total. The number of alkyl halides is 3. The smallest absolute Gasteiger partial charge is 0.360 e. The number of thioether (sulfide) groups is 1. The number of nitrogens with one attached hydrogen (secondary N) is 1. The van der Waals surface area contributed by atoms with Crippen LogP contribution in [0.1, 0.15) is 0 Å². The second-order valence-electron chi connectivity index (χ2n) is 4.13. The van der Waals surface area contributed by atoms with Crippen LogP contribution in [0.2, 0.25) is 0 Å². The first-order chi connectivity index (χ1) is 8.96. The molecule has 0 fully saturated rings. The number of carbonyl (C=O) groups excluding carboxylic acids is 1. The molecule has 1 aromatic rings. The predicted octanol–water partition coefficient (Wildman–Crippen LogP) is 2.28. The Labute approximate surface area is 113 Å². The Morgan fingerprint density at radius 1 is 1.37 bits per heavy atom. The van der Waals surface area contributed by atoms with Gasteiger partial charge in [0.25, 0.3) is 0 Å². The average molecular weight is 290 g/mol. The summed E-state index contributed by atoms with van der Waals surface area (Å²) in [7, 11) is 0. The number of anilines is 1. The lowest BCUT2D eigenvalue weighted by molar-refractivity contribution is -0.137. The Hall–Kier alpha value is -1.37. The highest BCUT2D eigenvalue weighted by atomic mass is 32.2. The van der Waals surface area contributed by atoms with Gasteiger partial charge >= 0.3 is 6.18 Å². The molecule has 0 saturated heterocycles. The number of hydrogen-bond donors (Lipinski definition) is 1. The summed E-state index contributed by atoms with van der Waals surface area (Å²) < 4.78 is 36.0. The van der Waals surface area contributed by atoms with E-state index < -0.39 is 18.6 Å². The van der Waals surface area contributed by atoms with Crippen LogP contribution in [0.5, 0.6) is 0 Å². The molecule has 1 N–H and O–H groups in total. The quantitative estimate of drug-likeness (QED) is 0.927. The first kappa shape index (κ1) is 14.0. The maximum atomic E-state index is 12.0. The number of hydrogen-bond acceptors (Lipinski definition) is 3. The largest absolute Gasteiger partial charge is 0.405 e. The summed E-state index contributed by atoms with van der Waals surface area (Å²) in [6.07, 6.45) is -4.37. The van der Waals surface area contributed by atoms with Crippen LogP contribution in [0.25, 0.3) is 0 Å². The molecule has 1 aromatic carbocycles. The molecule has 0 aromatic heterocycles. The van der Waals surface area contributed by atoms with E-state index in [0.717, 1.165) is 16.3 Å². The van der Waals surface area contributed by atoms with Gasteiger partial charge in [-0.1, -0.05) is 12.1 Å². The molecule has 0 unspecified atom stereocenters. The number of amides is 1. The van der Waals surface area contributed by atoms with Gasteiger partial charge in [-0.3, -0.25) is 4.79 Å². The zero-order valence-corrected chi connectivity index (χ0v) is 10.9. The van der Waals surface area contributed by atoms with Crippen molar-refractivity contribution in [3.63, 3.8) is 0 Å². The molecule has 1 aliphatic rings. The third-order valence-electron chi connectivity index (χ3n) is 2.65. The van der Waals surface area contributed by atoms with Crippen LogP contribution in [-0.4, -0.2) is 37.5 Å². The van der Waals surface area contributed by atoms with Crippen molar-refractivity contribution in [2.45, 2.75) is 11.1 Å². The van der Waals surface area contributed by atoms with Crippen LogP contribution in [0.4, 0.5) is 18.9 Å². The summed E-state index contributed by atoms with van der Waals surface area (Å²) in [4.78, 5) is 14.4. The number of fused-ring (bicyclic) bond motifs is 1. The number of nitrogens with zero attached hydrogens (tertiary/aromatic N) is 1. The molecule has 0 radical (unpaired) electrons.